The van der Waals surface area contributed by atoms with Crippen molar-refractivity contribution in [2.24, 2.45) is 5.92 Å². The van der Waals surface area contributed by atoms with E-state index >= 15 is 0 Å². The zero-order valence-corrected chi connectivity index (χ0v) is 12.2. The lowest BCUT2D eigenvalue weighted by Crippen LogP contribution is -2.39. The van der Waals surface area contributed by atoms with E-state index in [9.17, 15) is 0 Å². The van der Waals surface area contributed by atoms with E-state index in [0.29, 0.717) is 6.04 Å². The van der Waals surface area contributed by atoms with Crippen LogP contribution in [-0.4, -0.2) is 17.5 Å². The Morgan fingerprint density at radius 2 is 2.18 bits per heavy atom. The van der Waals surface area contributed by atoms with Crippen LogP contribution >= 0.6 is 15.9 Å². The third-order valence-corrected chi connectivity index (χ3v) is 4.49. The predicted octanol–water partition coefficient (Wildman–Crippen LogP) is 3.65. The normalized spacial score (nSPS) is 26.1. The van der Waals surface area contributed by atoms with Crippen molar-refractivity contribution in [2.45, 2.75) is 39.3 Å². The molecule has 1 aromatic carbocycles. The van der Waals surface area contributed by atoms with Gasteiger partial charge in [0.1, 0.15) is 0 Å². The quantitative estimate of drug-likeness (QED) is 0.844. The highest BCUT2D eigenvalue weighted by molar-refractivity contribution is 9.10. The average molecular weight is 297 g/mol. The van der Waals surface area contributed by atoms with Crippen LogP contribution in [0.25, 0.3) is 0 Å². The molecule has 2 atom stereocenters. The minimum Gasteiger partial charge on any atom is -0.399 e. The number of nitrogen functional groups attached to an aromatic ring is 1. The van der Waals surface area contributed by atoms with E-state index in [1.54, 1.807) is 0 Å². The van der Waals surface area contributed by atoms with Crippen molar-refractivity contribution in [3.8, 4) is 0 Å². The van der Waals surface area contributed by atoms with Gasteiger partial charge < -0.3 is 5.73 Å². The summed E-state index contributed by atoms with van der Waals surface area (Å²) in [7, 11) is 0. The highest BCUT2D eigenvalue weighted by atomic mass is 79.9. The predicted molar refractivity (Wildman–Crippen MR) is 76.8 cm³/mol. The maximum Gasteiger partial charge on any atom is 0.0318 e. The van der Waals surface area contributed by atoms with E-state index in [4.69, 9.17) is 5.73 Å². The number of nitrogens with two attached hydrogens (primary N) is 1. The molecular weight excluding hydrogens is 276 g/mol. The zero-order valence-electron chi connectivity index (χ0n) is 10.6. The van der Waals surface area contributed by atoms with E-state index < -0.39 is 0 Å². The Kier molecular flexibility index (Phi) is 4.10. The van der Waals surface area contributed by atoms with Gasteiger partial charge in [-0.25, -0.2) is 0 Å². The maximum atomic E-state index is 5.85. The molecule has 1 heterocycles. The van der Waals surface area contributed by atoms with Crippen molar-refractivity contribution < 1.29 is 0 Å². The molecule has 2 unspecified atom stereocenters. The highest BCUT2D eigenvalue weighted by Crippen LogP contribution is 2.27. The Balaban J connectivity index is 2.07. The second-order valence-electron chi connectivity index (χ2n) is 5.30. The number of hydrogen-bond donors (Lipinski definition) is 1. The van der Waals surface area contributed by atoms with Crippen LogP contribution < -0.4 is 5.73 Å². The van der Waals surface area contributed by atoms with Crippen LogP contribution in [0.3, 0.4) is 0 Å². The van der Waals surface area contributed by atoms with Crippen LogP contribution in [-0.2, 0) is 6.54 Å². The molecule has 1 aromatic rings. The maximum absolute atomic E-state index is 5.85. The fraction of sp³-hybridized carbons (Fsp3) is 0.571. The van der Waals surface area contributed by atoms with Crippen molar-refractivity contribution in [3.05, 3.63) is 28.2 Å². The molecule has 1 saturated heterocycles. The van der Waals surface area contributed by atoms with Gasteiger partial charge in [0.2, 0.25) is 0 Å². The summed E-state index contributed by atoms with van der Waals surface area (Å²) < 4.78 is 1.16. The molecule has 0 spiro atoms. The van der Waals surface area contributed by atoms with E-state index in [1.807, 2.05) is 12.1 Å². The first kappa shape index (κ1) is 12.9. The number of benzene rings is 1. The molecule has 1 aliphatic heterocycles. The first-order valence-corrected chi connectivity index (χ1v) is 7.13. The van der Waals surface area contributed by atoms with E-state index in [2.05, 4.69) is 40.7 Å². The third-order valence-electron chi connectivity index (χ3n) is 3.72. The van der Waals surface area contributed by atoms with Crippen LogP contribution in [0.4, 0.5) is 5.69 Å². The molecule has 0 aliphatic carbocycles. The third kappa shape index (κ3) is 3.23. The molecule has 0 saturated carbocycles. The van der Waals surface area contributed by atoms with Crippen molar-refractivity contribution >= 4 is 21.6 Å². The summed E-state index contributed by atoms with van der Waals surface area (Å²) in [4.78, 5) is 2.56. The van der Waals surface area contributed by atoms with Crippen molar-refractivity contribution in [1.82, 2.24) is 4.90 Å². The molecule has 0 radical (unpaired) electrons. The molecule has 3 heteroatoms. The van der Waals surface area contributed by atoms with Gasteiger partial charge in [0, 0.05) is 22.7 Å². The summed E-state index contributed by atoms with van der Waals surface area (Å²) in [6, 6.07) is 6.73. The van der Waals surface area contributed by atoms with Crippen molar-refractivity contribution in [3.63, 3.8) is 0 Å². The molecule has 1 fully saturated rings. The van der Waals surface area contributed by atoms with Gasteiger partial charge in [-0.1, -0.05) is 22.9 Å². The Labute approximate surface area is 112 Å². The largest absolute Gasteiger partial charge is 0.399 e. The van der Waals surface area contributed by atoms with Gasteiger partial charge >= 0.3 is 0 Å². The number of piperidine rings is 1. The first-order chi connectivity index (χ1) is 8.06. The van der Waals surface area contributed by atoms with E-state index in [1.165, 1.54) is 24.9 Å². The molecule has 94 valence electrons. The Morgan fingerprint density at radius 1 is 1.41 bits per heavy atom. The van der Waals surface area contributed by atoms with E-state index in [-0.39, 0.29) is 0 Å². The summed E-state index contributed by atoms with van der Waals surface area (Å²) in [5, 5.41) is 0. The molecule has 2 nitrogen and oxygen atoms in total. The number of halogens is 1. The number of anilines is 1. The van der Waals surface area contributed by atoms with Crippen LogP contribution in [0.5, 0.6) is 0 Å². The lowest BCUT2D eigenvalue weighted by atomic mass is 9.93. The van der Waals surface area contributed by atoms with Crippen LogP contribution in [0, 0.1) is 5.92 Å². The Morgan fingerprint density at radius 3 is 2.88 bits per heavy atom. The smallest absolute Gasteiger partial charge is 0.0318 e. The van der Waals surface area contributed by atoms with Crippen molar-refractivity contribution in [2.75, 3.05) is 12.3 Å². The summed E-state index contributed by atoms with van der Waals surface area (Å²) in [6.07, 6.45) is 2.62. The summed E-state index contributed by atoms with van der Waals surface area (Å²) >= 11 is 3.61. The highest BCUT2D eigenvalue weighted by Gasteiger charge is 2.23. The molecule has 2 N–H and O–H groups in total. The monoisotopic (exact) mass is 296 g/mol. The lowest BCUT2D eigenvalue weighted by molar-refractivity contribution is 0.122. The molecule has 0 aromatic heterocycles. The Bertz CT molecular complexity index is 392. The zero-order chi connectivity index (χ0) is 12.4. The van der Waals surface area contributed by atoms with E-state index in [0.717, 1.165) is 22.6 Å². The minimum absolute atomic E-state index is 0.673. The SMILES string of the molecule is CC1CCN(Cc2cc(N)ccc2Br)C(C)C1. The lowest BCUT2D eigenvalue weighted by Gasteiger charge is -2.36. The van der Waals surface area contributed by atoms with Gasteiger partial charge in [0.05, 0.1) is 0 Å². The second-order valence-corrected chi connectivity index (χ2v) is 6.15. The Hall–Kier alpha value is -0.540. The molecule has 1 aliphatic rings. The number of hydrogen-bond acceptors (Lipinski definition) is 2. The van der Waals surface area contributed by atoms with Crippen molar-refractivity contribution in [1.29, 1.82) is 0 Å². The van der Waals surface area contributed by atoms with Gasteiger partial charge in [-0.2, -0.15) is 0 Å². The van der Waals surface area contributed by atoms with Gasteiger partial charge in [0.25, 0.3) is 0 Å². The molecule has 0 amide bonds. The average Bonchev–Trinajstić information content (AvgIpc) is 2.27. The summed E-state index contributed by atoms with van der Waals surface area (Å²) in [6.45, 7) is 6.88. The molecule has 17 heavy (non-hydrogen) atoms. The number of nitrogens with zero attached hydrogens (tertiary/aromatic N) is 1. The summed E-state index contributed by atoms with van der Waals surface area (Å²) in [5.41, 5.74) is 8.00. The van der Waals surface area contributed by atoms with Gasteiger partial charge in [-0.05, 0) is 56.0 Å². The van der Waals surface area contributed by atoms with Crippen LogP contribution in [0.15, 0.2) is 22.7 Å². The molecule has 0 bridgehead atoms. The molecular formula is C14H21BrN2. The topological polar surface area (TPSA) is 29.3 Å². The fourth-order valence-corrected chi connectivity index (χ4v) is 3.00. The first-order valence-electron chi connectivity index (χ1n) is 6.34. The van der Waals surface area contributed by atoms with Crippen LogP contribution in [0.1, 0.15) is 32.3 Å². The summed E-state index contributed by atoms with van der Waals surface area (Å²) in [5.74, 6) is 0.866. The fourth-order valence-electron chi connectivity index (χ4n) is 2.63. The number of rotatable bonds is 2. The molecule has 2 rings (SSSR count). The van der Waals surface area contributed by atoms with Crippen LogP contribution in [0.2, 0.25) is 0 Å². The minimum atomic E-state index is 0.673. The second kappa shape index (κ2) is 5.40. The van der Waals surface area contributed by atoms with Gasteiger partial charge in [-0.15, -0.1) is 0 Å². The standard InChI is InChI=1S/C14H21BrN2/c1-10-5-6-17(11(2)7-10)9-12-8-13(16)3-4-14(12)15/h3-4,8,10-11H,5-7,9,16H2,1-2H3. The number of likely N-dealkylation sites (tertiary alicyclic amines) is 1. The van der Waals surface area contributed by atoms with Gasteiger partial charge in [-0.3, -0.25) is 4.90 Å². The van der Waals surface area contributed by atoms with Gasteiger partial charge in [0.15, 0.2) is 0 Å².